The maximum Gasteiger partial charge on any atom is 0.356 e. The summed E-state index contributed by atoms with van der Waals surface area (Å²) in [5, 5.41) is -1.42. The van der Waals surface area contributed by atoms with Crippen LogP contribution in [0.4, 0.5) is 0 Å². The number of hydrogen-bond donors (Lipinski definition) is 0. The van der Waals surface area contributed by atoms with Crippen molar-refractivity contribution in [1.82, 2.24) is 4.90 Å². The Morgan fingerprint density at radius 2 is 2.06 bits per heavy atom. The van der Waals surface area contributed by atoms with Gasteiger partial charge >= 0.3 is 5.97 Å². The monoisotopic (exact) mass is 295 g/mol. The van der Waals surface area contributed by atoms with E-state index in [-0.39, 0.29) is 10.7 Å². The minimum Gasteiger partial charge on any atom is -0.464 e. The van der Waals surface area contributed by atoms with Crippen molar-refractivity contribution < 1.29 is 27.5 Å². The average molecular weight is 296 g/mol. The van der Waals surface area contributed by atoms with Crippen molar-refractivity contribution >= 4 is 33.3 Å². The second-order valence-electron chi connectivity index (χ2n) is 3.81. The largest absolute Gasteiger partial charge is 0.464 e. The van der Waals surface area contributed by atoms with Crippen LogP contribution in [-0.4, -0.2) is 56.6 Å². The number of halogens is 1. The lowest BCUT2D eigenvalue weighted by Crippen LogP contribution is -2.70. The fourth-order valence-corrected chi connectivity index (χ4v) is 4.43. The number of amides is 1. The molecule has 0 saturated carbocycles. The number of esters is 1. The van der Waals surface area contributed by atoms with Gasteiger partial charge in [-0.2, -0.15) is 0 Å². The standard InChI is InChI=1S/C9H10ClNO6S/c1-16-6-7(12)11-5(9(13)17-2)4(10)3-18(14,15)8(6)11/h6,8H,3H2,1-2H3/t6-,8?/m0/s1. The van der Waals surface area contributed by atoms with Crippen molar-refractivity contribution in [1.29, 1.82) is 0 Å². The summed E-state index contributed by atoms with van der Waals surface area (Å²) in [7, 11) is -1.31. The van der Waals surface area contributed by atoms with Gasteiger partial charge < -0.3 is 9.47 Å². The lowest BCUT2D eigenvalue weighted by molar-refractivity contribution is -0.163. The van der Waals surface area contributed by atoms with Gasteiger partial charge in [0, 0.05) is 7.11 Å². The number of carbonyl (C=O) groups excluding carboxylic acids is 2. The van der Waals surface area contributed by atoms with Crippen LogP contribution >= 0.6 is 11.6 Å². The zero-order valence-electron chi connectivity index (χ0n) is 9.54. The molecule has 1 unspecified atom stereocenters. The Morgan fingerprint density at radius 1 is 1.44 bits per heavy atom. The van der Waals surface area contributed by atoms with Crippen molar-refractivity contribution in [2.45, 2.75) is 11.5 Å². The molecule has 0 bridgehead atoms. The Morgan fingerprint density at radius 3 is 2.56 bits per heavy atom. The molecule has 1 fully saturated rings. The third kappa shape index (κ3) is 1.63. The van der Waals surface area contributed by atoms with Crippen molar-refractivity contribution in [3.8, 4) is 0 Å². The highest BCUT2D eigenvalue weighted by Crippen LogP contribution is 2.39. The number of ether oxygens (including phenoxy) is 2. The summed E-state index contributed by atoms with van der Waals surface area (Å²) in [6.07, 6.45) is -1.10. The molecule has 0 N–H and O–H groups in total. The molecule has 2 aliphatic heterocycles. The minimum absolute atomic E-state index is 0.221. The maximum atomic E-state index is 11.9. The number of rotatable bonds is 2. The lowest BCUT2D eigenvalue weighted by Gasteiger charge is -2.47. The van der Waals surface area contributed by atoms with Gasteiger partial charge in [0.15, 0.2) is 21.3 Å². The SMILES string of the molecule is COC(=O)C1=C(Cl)CS(=O)(=O)C2[C@@H](OC)C(=O)N12. The van der Waals surface area contributed by atoms with E-state index in [1.165, 1.54) is 7.11 Å². The van der Waals surface area contributed by atoms with Crippen LogP contribution in [0, 0.1) is 0 Å². The van der Waals surface area contributed by atoms with Crippen LogP contribution in [0.3, 0.4) is 0 Å². The molecule has 0 aromatic carbocycles. The zero-order valence-corrected chi connectivity index (χ0v) is 11.1. The maximum absolute atomic E-state index is 11.9. The molecular weight excluding hydrogens is 286 g/mol. The van der Waals surface area contributed by atoms with Gasteiger partial charge in [-0.3, -0.25) is 9.69 Å². The number of hydrogen-bond acceptors (Lipinski definition) is 6. The molecule has 0 aromatic rings. The molecule has 0 aliphatic carbocycles. The van der Waals surface area contributed by atoms with E-state index in [4.69, 9.17) is 16.3 Å². The number of carbonyl (C=O) groups is 2. The van der Waals surface area contributed by atoms with E-state index in [1.54, 1.807) is 0 Å². The Balaban J connectivity index is 2.52. The molecule has 100 valence electrons. The average Bonchev–Trinajstić information content (AvgIpc) is 2.29. The van der Waals surface area contributed by atoms with Crippen molar-refractivity contribution in [3.63, 3.8) is 0 Å². The predicted octanol–water partition coefficient (Wildman–Crippen LogP) is -0.779. The smallest absolute Gasteiger partial charge is 0.356 e. The van der Waals surface area contributed by atoms with E-state index in [1.807, 2.05) is 0 Å². The molecule has 2 rings (SSSR count). The summed E-state index contributed by atoms with van der Waals surface area (Å²) < 4.78 is 33.1. The number of fused-ring (bicyclic) bond motifs is 1. The van der Waals surface area contributed by atoms with Gasteiger partial charge in [0.1, 0.15) is 5.70 Å². The summed E-state index contributed by atoms with van der Waals surface area (Å²) in [5.41, 5.74) is -0.225. The highest BCUT2D eigenvalue weighted by molar-refractivity contribution is 7.92. The molecule has 1 saturated heterocycles. The molecule has 2 heterocycles. The van der Waals surface area contributed by atoms with E-state index < -0.39 is 38.9 Å². The van der Waals surface area contributed by atoms with Gasteiger partial charge in [-0.15, -0.1) is 0 Å². The fraction of sp³-hybridized carbons (Fsp3) is 0.556. The first-order valence-electron chi connectivity index (χ1n) is 4.89. The van der Waals surface area contributed by atoms with E-state index >= 15 is 0 Å². The molecular formula is C9H10ClNO6S. The van der Waals surface area contributed by atoms with Crippen LogP contribution in [0.5, 0.6) is 0 Å². The van der Waals surface area contributed by atoms with E-state index in [0.717, 1.165) is 12.0 Å². The zero-order chi connectivity index (χ0) is 13.7. The van der Waals surface area contributed by atoms with E-state index in [2.05, 4.69) is 4.74 Å². The van der Waals surface area contributed by atoms with Crippen molar-refractivity contribution in [2.75, 3.05) is 20.0 Å². The second kappa shape index (κ2) is 4.22. The summed E-state index contributed by atoms with van der Waals surface area (Å²) >= 11 is 5.76. The fourth-order valence-electron chi connectivity index (χ4n) is 2.01. The van der Waals surface area contributed by atoms with Gasteiger partial charge in [0.05, 0.1) is 17.9 Å². The Kier molecular flexibility index (Phi) is 3.12. The highest BCUT2D eigenvalue weighted by Gasteiger charge is 2.60. The lowest BCUT2D eigenvalue weighted by atomic mass is 10.1. The number of β-lactam (4-membered cyclic amide) rings is 1. The molecule has 7 nitrogen and oxygen atoms in total. The van der Waals surface area contributed by atoms with Gasteiger partial charge in [0.2, 0.25) is 0 Å². The Hall–Kier alpha value is -1.12. The summed E-state index contributed by atoms with van der Waals surface area (Å²) in [6, 6.07) is 0. The second-order valence-corrected chi connectivity index (χ2v) is 6.36. The van der Waals surface area contributed by atoms with Gasteiger partial charge in [0.25, 0.3) is 5.91 Å². The van der Waals surface area contributed by atoms with E-state index in [0.29, 0.717) is 0 Å². The number of nitrogens with zero attached hydrogens (tertiary/aromatic N) is 1. The van der Waals surface area contributed by atoms with Crippen LogP contribution in [0.1, 0.15) is 0 Å². The molecule has 2 atom stereocenters. The highest BCUT2D eigenvalue weighted by atomic mass is 35.5. The summed E-state index contributed by atoms with van der Waals surface area (Å²) in [4.78, 5) is 24.1. The first-order chi connectivity index (χ1) is 8.35. The molecule has 18 heavy (non-hydrogen) atoms. The number of methoxy groups -OCH3 is 2. The first kappa shape index (κ1) is 13.3. The Labute approximate surface area is 108 Å². The molecule has 2 aliphatic rings. The summed E-state index contributed by atoms with van der Waals surface area (Å²) in [6.45, 7) is 0. The van der Waals surface area contributed by atoms with Gasteiger partial charge in [-0.05, 0) is 0 Å². The third-order valence-corrected chi connectivity index (χ3v) is 5.18. The van der Waals surface area contributed by atoms with Crippen LogP contribution < -0.4 is 0 Å². The topological polar surface area (TPSA) is 90.0 Å². The third-order valence-electron chi connectivity index (χ3n) is 2.82. The minimum atomic E-state index is -3.66. The van der Waals surface area contributed by atoms with E-state index in [9.17, 15) is 18.0 Å². The first-order valence-corrected chi connectivity index (χ1v) is 6.99. The van der Waals surface area contributed by atoms with Crippen LogP contribution in [-0.2, 0) is 28.9 Å². The van der Waals surface area contributed by atoms with Crippen LogP contribution in [0.2, 0.25) is 0 Å². The van der Waals surface area contributed by atoms with Crippen LogP contribution in [0.25, 0.3) is 0 Å². The molecule has 0 spiro atoms. The molecule has 0 radical (unpaired) electrons. The summed E-state index contributed by atoms with van der Waals surface area (Å²) in [5.74, 6) is -1.97. The normalized spacial score (nSPS) is 29.7. The quantitative estimate of drug-likeness (QED) is 0.490. The van der Waals surface area contributed by atoms with Crippen molar-refractivity contribution in [3.05, 3.63) is 10.7 Å². The van der Waals surface area contributed by atoms with Crippen LogP contribution in [0.15, 0.2) is 10.7 Å². The molecule has 1 amide bonds. The molecule has 9 heteroatoms. The Bertz CT molecular complexity index is 553. The van der Waals surface area contributed by atoms with Gasteiger partial charge in [-0.25, -0.2) is 13.2 Å². The molecule has 0 aromatic heterocycles. The predicted molar refractivity (Wildman–Crippen MR) is 60.1 cm³/mol. The number of sulfone groups is 1. The van der Waals surface area contributed by atoms with Crippen molar-refractivity contribution in [2.24, 2.45) is 0 Å². The van der Waals surface area contributed by atoms with Gasteiger partial charge in [-0.1, -0.05) is 11.6 Å².